The molecule has 0 unspecified atom stereocenters. The van der Waals surface area contributed by atoms with Crippen molar-refractivity contribution < 1.29 is 9.84 Å². The highest BCUT2D eigenvalue weighted by molar-refractivity contribution is 9.10. The summed E-state index contributed by atoms with van der Waals surface area (Å²) in [6.45, 7) is 4.06. The number of rotatable bonds is 5. The quantitative estimate of drug-likeness (QED) is 0.857. The molecule has 1 fully saturated rings. The standard InChI is InChI=1S/C14H21BrN2O2/c1-17-6-7-19-13(10-17)8-16-9-14(18)11-2-4-12(15)5-3-11/h2-5,13-14,16,18H,6-10H2,1H3/t13-,14+/m1/s1. The van der Waals surface area contributed by atoms with Crippen molar-refractivity contribution in [2.75, 3.05) is 39.8 Å². The van der Waals surface area contributed by atoms with Gasteiger partial charge in [-0.25, -0.2) is 0 Å². The number of nitrogens with one attached hydrogen (secondary N) is 1. The molecule has 5 heteroatoms. The summed E-state index contributed by atoms with van der Waals surface area (Å²) in [5, 5.41) is 13.3. The van der Waals surface area contributed by atoms with E-state index in [-0.39, 0.29) is 6.10 Å². The Bertz CT molecular complexity index is 386. The van der Waals surface area contributed by atoms with Crippen molar-refractivity contribution in [1.82, 2.24) is 10.2 Å². The normalized spacial score (nSPS) is 22.4. The SMILES string of the molecule is CN1CCO[C@H](CNC[C@H](O)c2ccc(Br)cc2)C1. The Hall–Kier alpha value is -0.460. The van der Waals surface area contributed by atoms with Crippen LogP contribution in [0.4, 0.5) is 0 Å². The van der Waals surface area contributed by atoms with Gasteiger partial charge in [-0.05, 0) is 24.7 Å². The van der Waals surface area contributed by atoms with Crippen LogP contribution in [0.3, 0.4) is 0 Å². The lowest BCUT2D eigenvalue weighted by atomic mass is 10.1. The molecule has 19 heavy (non-hydrogen) atoms. The molecule has 0 saturated carbocycles. The molecule has 0 aromatic heterocycles. The maximum Gasteiger partial charge on any atom is 0.0914 e. The summed E-state index contributed by atoms with van der Waals surface area (Å²) in [7, 11) is 2.10. The molecule has 1 aliphatic rings. The van der Waals surface area contributed by atoms with Crippen LogP contribution in [0.2, 0.25) is 0 Å². The third kappa shape index (κ3) is 4.85. The second-order valence-corrected chi connectivity index (χ2v) is 5.90. The highest BCUT2D eigenvalue weighted by Gasteiger charge is 2.17. The van der Waals surface area contributed by atoms with Crippen LogP contribution in [-0.4, -0.2) is 55.9 Å². The summed E-state index contributed by atoms with van der Waals surface area (Å²) in [5.41, 5.74) is 0.928. The molecule has 1 aromatic rings. The van der Waals surface area contributed by atoms with Crippen molar-refractivity contribution in [3.63, 3.8) is 0 Å². The van der Waals surface area contributed by atoms with E-state index in [1.807, 2.05) is 24.3 Å². The van der Waals surface area contributed by atoms with Gasteiger partial charge in [0, 0.05) is 30.7 Å². The van der Waals surface area contributed by atoms with E-state index in [0.717, 1.165) is 36.3 Å². The van der Waals surface area contributed by atoms with Gasteiger partial charge in [-0.15, -0.1) is 0 Å². The van der Waals surface area contributed by atoms with E-state index in [1.165, 1.54) is 0 Å². The Morgan fingerprint density at radius 2 is 2.21 bits per heavy atom. The van der Waals surface area contributed by atoms with Crippen LogP contribution in [0.5, 0.6) is 0 Å². The minimum Gasteiger partial charge on any atom is -0.387 e. The molecule has 0 radical (unpaired) electrons. The summed E-state index contributed by atoms with van der Waals surface area (Å²) in [6, 6.07) is 7.75. The zero-order valence-electron chi connectivity index (χ0n) is 11.2. The summed E-state index contributed by atoms with van der Waals surface area (Å²) in [5.74, 6) is 0. The van der Waals surface area contributed by atoms with Gasteiger partial charge in [0.2, 0.25) is 0 Å². The second-order valence-electron chi connectivity index (χ2n) is 4.98. The van der Waals surface area contributed by atoms with Crippen molar-refractivity contribution in [2.45, 2.75) is 12.2 Å². The first-order chi connectivity index (χ1) is 9.15. The lowest BCUT2D eigenvalue weighted by Crippen LogP contribution is -2.45. The summed E-state index contributed by atoms with van der Waals surface area (Å²) >= 11 is 3.39. The highest BCUT2D eigenvalue weighted by Crippen LogP contribution is 2.16. The zero-order chi connectivity index (χ0) is 13.7. The van der Waals surface area contributed by atoms with E-state index in [0.29, 0.717) is 6.54 Å². The predicted octanol–water partition coefficient (Wildman–Crippen LogP) is 1.40. The molecule has 106 valence electrons. The van der Waals surface area contributed by atoms with Gasteiger partial charge in [0.05, 0.1) is 18.8 Å². The largest absolute Gasteiger partial charge is 0.387 e. The Morgan fingerprint density at radius 3 is 2.89 bits per heavy atom. The average molecular weight is 329 g/mol. The number of hydrogen-bond acceptors (Lipinski definition) is 4. The molecule has 1 aliphatic heterocycles. The molecular weight excluding hydrogens is 308 g/mol. The van der Waals surface area contributed by atoms with Gasteiger partial charge in [-0.3, -0.25) is 0 Å². The minimum absolute atomic E-state index is 0.218. The maximum atomic E-state index is 10.1. The number of aliphatic hydroxyl groups excluding tert-OH is 1. The third-order valence-electron chi connectivity index (χ3n) is 3.31. The van der Waals surface area contributed by atoms with Gasteiger partial charge in [-0.1, -0.05) is 28.1 Å². The molecular formula is C14H21BrN2O2. The summed E-state index contributed by atoms with van der Waals surface area (Å²) < 4.78 is 6.68. The molecule has 2 atom stereocenters. The first-order valence-electron chi connectivity index (χ1n) is 6.59. The van der Waals surface area contributed by atoms with E-state index in [4.69, 9.17) is 4.74 Å². The molecule has 4 nitrogen and oxygen atoms in total. The van der Waals surface area contributed by atoms with Crippen LogP contribution in [0.1, 0.15) is 11.7 Å². The van der Waals surface area contributed by atoms with Crippen molar-refractivity contribution in [3.8, 4) is 0 Å². The van der Waals surface area contributed by atoms with Gasteiger partial charge >= 0.3 is 0 Å². The molecule has 0 aliphatic carbocycles. The van der Waals surface area contributed by atoms with E-state index >= 15 is 0 Å². The number of aliphatic hydroxyl groups is 1. The second kappa shape index (κ2) is 7.36. The fraction of sp³-hybridized carbons (Fsp3) is 0.571. The minimum atomic E-state index is -0.477. The molecule has 1 aromatic carbocycles. The molecule has 2 N–H and O–H groups in total. The van der Waals surface area contributed by atoms with Crippen LogP contribution in [-0.2, 0) is 4.74 Å². The number of hydrogen-bond donors (Lipinski definition) is 2. The van der Waals surface area contributed by atoms with Gasteiger partial charge in [0.25, 0.3) is 0 Å². The van der Waals surface area contributed by atoms with Crippen molar-refractivity contribution in [3.05, 3.63) is 34.3 Å². The van der Waals surface area contributed by atoms with Crippen LogP contribution < -0.4 is 5.32 Å². The molecule has 2 rings (SSSR count). The van der Waals surface area contributed by atoms with E-state index in [2.05, 4.69) is 33.2 Å². The van der Waals surface area contributed by atoms with E-state index in [9.17, 15) is 5.11 Å². The number of morpholine rings is 1. The van der Waals surface area contributed by atoms with Crippen LogP contribution in [0, 0.1) is 0 Å². The third-order valence-corrected chi connectivity index (χ3v) is 3.84. The van der Waals surface area contributed by atoms with Gasteiger partial charge in [0.1, 0.15) is 0 Å². The van der Waals surface area contributed by atoms with Gasteiger partial charge in [0.15, 0.2) is 0 Å². The smallest absolute Gasteiger partial charge is 0.0914 e. The number of benzene rings is 1. The summed E-state index contributed by atoms with van der Waals surface area (Å²) in [6.07, 6.45) is -0.259. The Balaban J connectivity index is 1.71. The molecule has 0 bridgehead atoms. The van der Waals surface area contributed by atoms with Gasteiger partial charge in [-0.2, -0.15) is 0 Å². The Kier molecular flexibility index (Phi) is 5.78. The highest BCUT2D eigenvalue weighted by atomic mass is 79.9. The fourth-order valence-electron chi connectivity index (χ4n) is 2.17. The number of halogens is 1. The Labute approximate surface area is 122 Å². The fourth-order valence-corrected chi connectivity index (χ4v) is 2.44. The first-order valence-corrected chi connectivity index (χ1v) is 7.39. The lowest BCUT2D eigenvalue weighted by Gasteiger charge is -2.30. The summed E-state index contributed by atoms with van der Waals surface area (Å²) in [4.78, 5) is 2.26. The van der Waals surface area contributed by atoms with Crippen molar-refractivity contribution in [1.29, 1.82) is 0 Å². The molecule has 1 saturated heterocycles. The van der Waals surface area contributed by atoms with Crippen LogP contribution >= 0.6 is 15.9 Å². The Morgan fingerprint density at radius 1 is 1.47 bits per heavy atom. The number of likely N-dealkylation sites (N-methyl/N-ethyl adjacent to an activating group) is 1. The monoisotopic (exact) mass is 328 g/mol. The van der Waals surface area contributed by atoms with Crippen LogP contribution in [0.15, 0.2) is 28.7 Å². The molecule has 0 amide bonds. The average Bonchev–Trinajstić information content (AvgIpc) is 2.39. The molecule has 0 spiro atoms. The van der Waals surface area contributed by atoms with Crippen molar-refractivity contribution in [2.24, 2.45) is 0 Å². The van der Waals surface area contributed by atoms with Crippen LogP contribution in [0.25, 0.3) is 0 Å². The van der Waals surface area contributed by atoms with Crippen molar-refractivity contribution >= 4 is 15.9 Å². The molecule has 1 heterocycles. The maximum absolute atomic E-state index is 10.1. The van der Waals surface area contributed by atoms with Gasteiger partial charge < -0.3 is 20.1 Å². The predicted molar refractivity (Wildman–Crippen MR) is 79.2 cm³/mol. The zero-order valence-corrected chi connectivity index (χ0v) is 12.8. The number of ether oxygens (including phenoxy) is 1. The lowest BCUT2D eigenvalue weighted by molar-refractivity contribution is -0.0191. The first kappa shape index (κ1) is 14.9. The topological polar surface area (TPSA) is 44.7 Å². The number of nitrogens with zero attached hydrogens (tertiary/aromatic N) is 1. The van der Waals surface area contributed by atoms with E-state index in [1.54, 1.807) is 0 Å². The van der Waals surface area contributed by atoms with E-state index < -0.39 is 6.10 Å².